The normalized spacial score (nSPS) is 16.3. The Bertz CT molecular complexity index is 468. The highest BCUT2D eigenvalue weighted by Crippen LogP contribution is 2.35. The molecule has 0 bridgehead atoms. The van der Waals surface area contributed by atoms with Crippen molar-refractivity contribution in [1.82, 2.24) is 5.32 Å². The van der Waals surface area contributed by atoms with Crippen molar-refractivity contribution in [3.8, 4) is 0 Å². The van der Waals surface area contributed by atoms with E-state index in [0.717, 1.165) is 16.6 Å². The molecular weight excluding hydrogens is 318 g/mol. The fourth-order valence-electron chi connectivity index (χ4n) is 1.76. The van der Waals surface area contributed by atoms with Crippen molar-refractivity contribution >= 4 is 39.1 Å². The lowest BCUT2D eigenvalue weighted by atomic mass is 10.2. The molecule has 1 amide bonds. The number of nitrogens with one attached hydrogen (secondary N) is 1. The molecule has 6 heteroatoms. The van der Waals surface area contributed by atoms with Gasteiger partial charge in [0.1, 0.15) is 5.54 Å². The van der Waals surface area contributed by atoms with Crippen LogP contribution in [0.2, 0.25) is 0 Å². The Morgan fingerprint density at radius 2 is 2.17 bits per heavy atom. The molecule has 0 saturated heterocycles. The summed E-state index contributed by atoms with van der Waals surface area (Å²) in [6.07, 6.45) is 3.07. The van der Waals surface area contributed by atoms with E-state index in [4.69, 9.17) is 5.11 Å². The van der Waals surface area contributed by atoms with Crippen LogP contribution in [-0.4, -0.2) is 22.5 Å². The van der Waals surface area contributed by atoms with Crippen molar-refractivity contribution < 1.29 is 14.7 Å². The average molecular weight is 332 g/mol. The maximum absolute atomic E-state index is 11.6. The van der Waals surface area contributed by atoms with Crippen LogP contribution in [0.25, 0.3) is 0 Å². The number of carboxylic acid groups (broad SMARTS) is 1. The van der Waals surface area contributed by atoms with Gasteiger partial charge in [0.15, 0.2) is 0 Å². The van der Waals surface area contributed by atoms with E-state index in [1.807, 2.05) is 12.1 Å². The predicted octanol–water partition coefficient (Wildman–Crippen LogP) is 2.57. The Labute approximate surface area is 118 Å². The number of aryl methyl sites for hydroxylation is 1. The fraction of sp³-hybridized carbons (Fsp3) is 0.500. The van der Waals surface area contributed by atoms with Crippen LogP contribution in [0.1, 0.15) is 30.6 Å². The number of amides is 1. The van der Waals surface area contributed by atoms with Gasteiger partial charge in [0.25, 0.3) is 0 Å². The van der Waals surface area contributed by atoms with Gasteiger partial charge in [-0.05, 0) is 53.7 Å². The molecule has 1 aliphatic rings. The van der Waals surface area contributed by atoms with E-state index in [-0.39, 0.29) is 5.91 Å². The third-order valence-corrected chi connectivity index (χ3v) is 4.68. The second kappa shape index (κ2) is 5.40. The Balaban J connectivity index is 1.71. The molecule has 0 spiro atoms. The van der Waals surface area contributed by atoms with Crippen molar-refractivity contribution in [3.63, 3.8) is 0 Å². The topological polar surface area (TPSA) is 66.4 Å². The number of hydrogen-bond donors (Lipinski definition) is 2. The van der Waals surface area contributed by atoms with E-state index in [2.05, 4.69) is 21.2 Å². The monoisotopic (exact) mass is 331 g/mol. The minimum Gasteiger partial charge on any atom is -0.480 e. The lowest BCUT2D eigenvalue weighted by Gasteiger charge is -2.11. The van der Waals surface area contributed by atoms with Crippen LogP contribution in [0.15, 0.2) is 15.9 Å². The molecule has 0 atom stereocenters. The first-order valence-corrected chi connectivity index (χ1v) is 7.41. The summed E-state index contributed by atoms with van der Waals surface area (Å²) >= 11 is 5.05. The second-order valence-electron chi connectivity index (χ2n) is 4.49. The van der Waals surface area contributed by atoms with E-state index in [1.54, 1.807) is 11.3 Å². The van der Waals surface area contributed by atoms with E-state index in [1.165, 1.54) is 4.88 Å². The maximum Gasteiger partial charge on any atom is 0.329 e. The molecule has 0 aliphatic heterocycles. The summed E-state index contributed by atoms with van der Waals surface area (Å²) in [6.45, 7) is 0. The fourth-order valence-corrected chi connectivity index (χ4v) is 3.28. The van der Waals surface area contributed by atoms with E-state index < -0.39 is 11.5 Å². The average Bonchev–Trinajstić information content (AvgIpc) is 2.96. The Kier molecular flexibility index (Phi) is 4.07. The summed E-state index contributed by atoms with van der Waals surface area (Å²) in [4.78, 5) is 23.7. The van der Waals surface area contributed by atoms with Crippen molar-refractivity contribution in [2.24, 2.45) is 0 Å². The largest absolute Gasteiger partial charge is 0.480 e. The van der Waals surface area contributed by atoms with Gasteiger partial charge in [-0.25, -0.2) is 4.79 Å². The SMILES string of the molecule is O=C(CCCc1ccc(Br)s1)NC1(C(=O)O)CC1. The number of carboxylic acids is 1. The third-order valence-electron chi connectivity index (χ3n) is 2.99. The van der Waals surface area contributed by atoms with Crippen LogP contribution in [0, 0.1) is 0 Å². The molecule has 1 aromatic heterocycles. The highest BCUT2D eigenvalue weighted by molar-refractivity contribution is 9.11. The van der Waals surface area contributed by atoms with Gasteiger partial charge < -0.3 is 10.4 Å². The lowest BCUT2D eigenvalue weighted by Crippen LogP contribution is -2.42. The first-order valence-electron chi connectivity index (χ1n) is 5.80. The van der Waals surface area contributed by atoms with Crippen LogP contribution < -0.4 is 5.32 Å². The molecule has 1 saturated carbocycles. The van der Waals surface area contributed by atoms with Crippen molar-refractivity contribution in [2.75, 3.05) is 0 Å². The zero-order valence-corrected chi connectivity index (χ0v) is 12.1. The quantitative estimate of drug-likeness (QED) is 0.841. The molecule has 4 nitrogen and oxygen atoms in total. The summed E-state index contributed by atoms with van der Waals surface area (Å²) in [5.74, 6) is -1.08. The highest BCUT2D eigenvalue weighted by Gasteiger charge is 2.51. The molecular formula is C12H14BrNO3S. The molecule has 0 radical (unpaired) electrons. The van der Waals surface area contributed by atoms with Gasteiger partial charge in [-0.2, -0.15) is 0 Å². The Morgan fingerprint density at radius 3 is 2.67 bits per heavy atom. The first kappa shape index (κ1) is 13.5. The molecule has 1 aliphatic carbocycles. The molecule has 1 heterocycles. The summed E-state index contributed by atoms with van der Waals surface area (Å²) in [6, 6.07) is 4.02. The molecule has 2 rings (SSSR count). The van der Waals surface area contributed by atoms with Gasteiger partial charge in [-0.15, -0.1) is 11.3 Å². The molecule has 0 aromatic carbocycles. The van der Waals surface area contributed by atoms with Gasteiger partial charge in [0.05, 0.1) is 3.79 Å². The number of halogens is 1. The Hall–Kier alpha value is -0.880. The van der Waals surface area contributed by atoms with Gasteiger partial charge in [-0.1, -0.05) is 0 Å². The summed E-state index contributed by atoms with van der Waals surface area (Å²) in [5.41, 5.74) is -0.955. The van der Waals surface area contributed by atoms with Gasteiger partial charge in [0.2, 0.25) is 5.91 Å². The smallest absolute Gasteiger partial charge is 0.329 e. The maximum atomic E-state index is 11.6. The third kappa shape index (κ3) is 3.32. The van der Waals surface area contributed by atoms with Crippen LogP contribution >= 0.6 is 27.3 Å². The molecule has 1 fully saturated rings. The van der Waals surface area contributed by atoms with Crippen LogP contribution in [-0.2, 0) is 16.0 Å². The molecule has 18 heavy (non-hydrogen) atoms. The van der Waals surface area contributed by atoms with E-state index in [0.29, 0.717) is 19.3 Å². The van der Waals surface area contributed by atoms with Gasteiger partial charge in [-0.3, -0.25) is 4.79 Å². The van der Waals surface area contributed by atoms with Gasteiger partial charge in [0, 0.05) is 11.3 Å². The summed E-state index contributed by atoms with van der Waals surface area (Å²) in [5, 5.41) is 11.6. The standard InChI is InChI=1S/C12H14BrNO3S/c13-9-5-4-8(18-9)2-1-3-10(15)14-12(6-7-12)11(16)17/h4-5H,1-3,6-7H2,(H,14,15)(H,16,17). The number of rotatable bonds is 6. The zero-order chi connectivity index (χ0) is 13.2. The number of carbonyl (C=O) groups excluding carboxylic acids is 1. The van der Waals surface area contributed by atoms with E-state index in [9.17, 15) is 9.59 Å². The lowest BCUT2D eigenvalue weighted by molar-refractivity contribution is -0.143. The minimum atomic E-state index is -0.955. The molecule has 0 unspecified atom stereocenters. The highest BCUT2D eigenvalue weighted by atomic mass is 79.9. The number of aliphatic carboxylic acids is 1. The minimum absolute atomic E-state index is 0.162. The Morgan fingerprint density at radius 1 is 1.44 bits per heavy atom. The van der Waals surface area contributed by atoms with Crippen LogP contribution in [0.4, 0.5) is 0 Å². The van der Waals surface area contributed by atoms with Crippen LogP contribution in [0.3, 0.4) is 0 Å². The number of carbonyl (C=O) groups is 2. The van der Waals surface area contributed by atoms with Crippen molar-refractivity contribution in [2.45, 2.75) is 37.6 Å². The molecule has 2 N–H and O–H groups in total. The van der Waals surface area contributed by atoms with Crippen LogP contribution in [0.5, 0.6) is 0 Å². The summed E-state index contributed by atoms with van der Waals surface area (Å²) < 4.78 is 1.09. The molecule has 1 aromatic rings. The van der Waals surface area contributed by atoms with Gasteiger partial charge >= 0.3 is 5.97 Å². The first-order chi connectivity index (χ1) is 8.52. The number of thiophene rings is 1. The number of hydrogen-bond acceptors (Lipinski definition) is 3. The molecule has 98 valence electrons. The van der Waals surface area contributed by atoms with Crippen molar-refractivity contribution in [3.05, 3.63) is 20.8 Å². The van der Waals surface area contributed by atoms with E-state index >= 15 is 0 Å². The second-order valence-corrected chi connectivity index (χ2v) is 7.04. The van der Waals surface area contributed by atoms with Crippen molar-refractivity contribution in [1.29, 1.82) is 0 Å². The zero-order valence-electron chi connectivity index (χ0n) is 9.74. The summed E-state index contributed by atoms with van der Waals surface area (Å²) in [7, 11) is 0. The predicted molar refractivity (Wildman–Crippen MR) is 72.7 cm³/mol.